The average Bonchev–Trinajstić information content (AvgIpc) is 2.32. The predicted octanol–water partition coefficient (Wildman–Crippen LogP) is 2.35. The molecule has 0 radical (unpaired) electrons. The lowest BCUT2D eigenvalue weighted by Crippen LogP contribution is -2.54. The number of hydrogen-bond acceptors (Lipinski definition) is 4. The standard InChI is InChI=1S/C10H11F7O4S/c1-2-7(18)21-4-6-22(19,20)5-3-8(11,9(12,13)14)10(15,16)17/h2H,1,3-6H2. The summed E-state index contributed by atoms with van der Waals surface area (Å²) in [4.78, 5) is 10.6. The Bertz CT molecular complexity index is 492. The third kappa shape index (κ3) is 5.46. The number of hydrogen-bond donors (Lipinski definition) is 0. The Labute approximate surface area is 120 Å². The molecule has 0 aromatic carbocycles. The summed E-state index contributed by atoms with van der Waals surface area (Å²) < 4.78 is 113. The fraction of sp³-hybridized carbons (Fsp3) is 0.700. The molecule has 0 aromatic heterocycles. The summed E-state index contributed by atoms with van der Waals surface area (Å²) in [6, 6.07) is 0. The topological polar surface area (TPSA) is 60.4 Å². The molecule has 0 rings (SSSR count). The van der Waals surface area contributed by atoms with Gasteiger partial charge in [0.15, 0.2) is 9.84 Å². The molecule has 0 aliphatic heterocycles. The second kappa shape index (κ2) is 6.84. The van der Waals surface area contributed by atoms with Gasteiger partial charge in [-0.25, -0.2) is 17.6 Å². The van der Waals surface area contributed by atoms with Crippen molar-refractivity contribution in [2.45, 2.75) is 24.4 Å². The molecule has 22 heavy (non-hydrogen) atoms. The molecule has 0 spiro atoms. The Balaban J connectivity index is 4.87. The Morgan fingerprint density at radius 3 is 1.82 bits per heavy atom. The van der Waals surface area contributed by atoms with Crippen LogP contribution in [0.4, 0.5) is 30.7 Å². The monoisotopic (exact) mass is 360 g/mol. The van der Waals surface area contributed by atoms with Gasteiger partial charge in [0.1, 0.15) is 6.61 Å². The number of alkyl halides is 7. The second-order valence-corrected chi connectivity index (χ2v) is 6.37. The molecule has 0 aliphatic carbocycles. The Morgan fingerprint density at radius 1 is 1.00 bits per heavy atom. The van der Waals surface area contributed by atoms with E-state index in [4.69, 9.17) is 0 Å². The molecule has 0 N–H and O–H groups in total. The van der Waals surface area contributed by atoms with Gasteiger partial charge in [0.25, 0.3) is 5.67 Å². The maximum atomic E-state index is 13.2. The van der Waals surface area contributed by atoms with Crippen molar-refractivity contribution in [1.29, 1.82) is 0 Å². The van der Waals surface area contributed by atoms with Crippen LogP contribution in [0.3, 0.4) is 0 Å². The van der Waals surface area contributed by atoms with Crippen LogP contribution in [-0.4, -0.2) is 50.5 Å². The smallest absolute Gasteiger partial charge is 0.431 e. The van der Waals surface area contributed by atoms with Crippen molar-refractivity contribution in [3.8, 4) is 0 Å². The van der Waals surface area contributed by atoms with Gasteiger partial charge in [-0.2, -0.15) is 26.3 Å². The van der Waals surface area contributed by atoms with Crippen molar-refractivity contribution >= 4 is 15.8 Å². The van der Waals surface area contributed by atoms with Crippen LogP contribution in [0.2, 0.25) is 0 Å². The molecule has 0 fully saturated rings. The quantitative estimate of drug-likeness (QED) is 0.397. The zero-order chi connectivity index (χ0) is 17.8. The first-order valence-electron chi connectivity index (χ1n) is 5.48. The van der Waals surface area contributed by atoms with E-state index in [0.29, 0.717) is 6.08 Å². The van der Waals surface area contributed by atoms with Crippen molar-refractivity contribution in [3.63, 3.8) is 0 Å². The molecule has 0 amide bonds. The third-order valence-electron chi connectivity index (χ3n) is 2.46. The Morgan fingerprint density at radius 2 is 1.45 bits per heavy atom. The van der Waals surface area contributed by atoms with Gasteiger partial charge in [0.05, 0.1) is 11.5 Å². The predicted molar refractivity (Wildman–Crippen MR) is 60.4 cm³/mol. The molecular weight excluding hydrogens is 349 g/mol. The summed E-state index contributed by atoms with van der Waals surface area (Å²) in [5, 5.41) is 0. The molecule has 0 bridgehead atoms. The van der Waals surface area contributed by atoms with Crippen LogP contribution in [0.25, 0.3) is 0 Å². The van der Waals surface area contributed by atoms with E-state index in [2.05, 4.69) is 11.3 Å². The van der Waals surface area contributed by atoms with Gasteiger partial charge in [-0.1, -0.05) is 6.58 Å². The summed E-state index contributed by atoms with van der Waals surface area (Å²) >= 11 is 0. The normalized spacial score (nSPS) is 13.8. The molecular formula is C10H11F7O4S. The van der Waals surface area contributed by atoms with Crippen LogP contribution in [0.5, 0.6) is 0 Å². The molecule has 0 aromatic rings. The lowest BCUT2D eigenvalue weighted by Gasteiger charge is -2.29. The fourth-order valence-corrected chi connectivity index (χ4v) is 2.30. The minimum atomic E-state index is -6.31. The number of halogens is 7. The lowest BCUT2D eigenvalue weighted by molar-refractivity contribution is -0.341. The summed E-state index contributed by atoms with van der Waals surface area (Å²) in [5.74, 6) is -3.78. The molecule has 12 heteroatoms. The zero-order valence-corrected chi connectivity index (χ0v) is 11.6. The highest BCUT2D eigenvalue weighted by Gasteiger charge is 2.72. The van der Waals surface area contributed by atoms with E-state index < -0.39 is 58.4 Å². The highest BCUT2D eigenvalue weighted by Crippen LogP contribution is 2.48. The minimum Gasteiger partial charge on any atom is -0.461 e. The first-order valence-corrected chi connectivity index (χ1v) is 7.30. The summed E-state index contributed by atoms with van der Waals surface area (Å²) in [6.45, 7) is 2.17. The van der Waals surface area contributed by atoms with Gasteiger partial charge < -0.3 is 4.74 Å². The van der Waals surface area contributed by atoms with Crippen LogP contribution in [-0.2, 0) is 19.4 Å². The van der Waals surface area contributed by atoms with E-state index in [1.807, 2.05) is 0 Å². The van der Waals surface area contributed by atoms with Crippen LogP contribution in [0, 0.1) is 0 Å². The molecule has 0 heterocycles. The number of esters is 1. The zero-order valence-electron chi connectivity index (χ0n) is 10.8. The van der Waals surface area contributed by atoms with Crippen LogP contribution < -0.4 is 0 Å². The van der Waals surface area contributed by atoms with E-state index in [1.165, 1.54) is 0 Å². The molecule has 0 aliphatic rings. The summed E-state index contributed by atoms with van der Waals surface area (Å²) in [5.41, 5.74) is -5.63. The van der Waals surface area contributed by atoms with E-state index in [0.717, 1.165) is 0 Å². The second-order valence-electron chi connectivity index (χ2n) is 4.07. The molecule has 0 atom stereocenters. The maximum absolute atomic E-state index is 13.2. The van der Waals surface area contributed by atoms with E-state index in [-0.39, 0.29) is 0 Å². The summed E-state index contributed by atoms with van der Waals surface area (Å²) in [7, 11) is -4.49. The highest BCUT2D eigenvalue weighted by atomic mass is 32.2. The lowest BCUT2D eigenvalue weighted by atomic mass is 10.0. The van der Waals surface area contributed by atoms with Crippen LogP contribution >= 0.6 is 0 Å². The fourth-order valence-electron chi connectivity index (χ4n) is 1.17. The SMILES string of the molecule is C=CC(=O)OCCS(=O)(=O)CCC(F)(C(F)(F)F)C(F)(F)F. The molecule has 0 saturated carbocycles. The van der Waals surface area contributed by atoms with Gasteiger partial charge in [0.2, 0.25) is 0 Å². The van der Waals surface area contributed by atoms with E-state index in [9.17, 15) is 43.9 Å². The summed E-state index contributed by atoms with van der Waals surface area (Å²) in [6.07, 6.45) is -14.3. The first-order chi connectivity index (χ1) is 9.66. The van der Waals surface area contributed by atoms with Crippen molar-refractivity contribution < 1.29 is 48.7 Å². The minimum absolute atomic E-state index is 0.673. The van der Waals surface area contributed by atoms with Gasteiger partial charge in [-0.15, -0.1) is 0 Å². The number of rotatable bonds is 7. The molecule has 0 saturated heterocycles. The number of carbonyl (C=O) groups is 1. The van der Waals surface area contributed by atoms with Crippen molar-refractivity contribution in [2.24, 2.45) is 0 Å². The molecule has 0 unspecified atom stereocenters. The third-order valence-corrected chi connectivity index (χ3v) is 4.08. The van der Waals surface area contributed by atoms with Crippen molar-refractivity contribution in [2.75, 3.05) is 18.1 Å². The Kier molecular flexibility index (Phi) is 6.42. The number of carbonyl (C=O) groups excluding carboxylic acids is 1. The molecule has 4 nitrogen and oxygen atoms in total. The average molecular weight is 360 g/mol. The van der Waals surface area contributed by atoms with Gasteiger partial charge in [-0.05, 0) is 0 Å². The largest absolute Gasteiger partial charge is 0.461 e. The van der Waals surface area contributed by atoms with Crippen molar-refractivity contribution in [3.05, 3.63) is 12.7 Å². The Hall–Kier alpha value is -1.33. The van der Waals surface area contributed by atoms with Gasteiger partial charge in [0, 0.05) is 12.5 Å². The van der Waals surface area contributed by atoms with Crippen LogP contribution in [0.1, 0.15) is 6.42 Å². The number of ether oxygens (including phenoxy) is 1. The van der Waals surface area contributed by atoms with E-state index in [1.54, 1.807) is 0 Å². The van der Waals surface area contributed by atoms with Gasteiger partial charge in [-0.3, -0.25) is 0 Å². The number of sulfone groups is 1. The van der Waals surface area contributed by atoms with Crippen molar-refractivity contribution in [1.82, 2.24) is 0 Å². The van der Waals surface area contributed by atoms with Crippen LogP contribution in [0.15, 0.2) is 12.7 Å². The van der Waals surface area contributed by atoms with E-state index >= 15 is 0 Å². The molecule has 130 valence electrons. The highest BCUT2D eigenvalue weighted by molar-refractivity contribution is 7.91. The van der Waals surface area contributed by atoms with Gasteiger partial charge >= 0.3 is 18.3 Å². The maximum Gasteiger partial charge on any atom is 0.431 e. The first kappa shape index (κ1) is 20.7.